The molecule has 0 amide bonds. The number of halogens is 1. The van der Waals surface area contributed by atoms with Crippen LogP contribution in [-0.4, -0.2) is 26.0 Å². The van der Waals surface area contributed by atoms with Crippen LogP contribution >= 0.6 is 27.7 Å². The molecule has 0 bridgehead atoms. The number of nitrogens with one attached hydrogen (secondary N) is 1. The predicted octanol–water partition coefficient (Wildman–Crippen LogP) is 3.18. The lowest BCUT2D eigenvalue weighted by atomic mass is 10.2. The number of ether oxygens (including phenoxy) is 2. The maximum atomic E-state index is 5.60. The molecule has 0 unspecified atom stereocenters. The topological polar surface area (TPSA) is 30.5 Å². The van der Waals surface area contributed by atoms with Crippen LogP contribution in [0.1, 0.15) is 5.56 Å². The molecule has 1 heterocycles. The van der Waals surface area contributed by atoms with Gasteiger partial charge in [-0.2, -0.15) is 0 Å². The summed E-state index contributed by atoms with van der Waals surface area (Å²) in [5.41, 5.74) is 1.22. The van der Waals surface area contributed by atoms with Crippen molar-refractivity contribution in [2.45, 2.75) is 11.4 Å². The average molecular weight is 330 g/mol. The van der Waals surface area contributed by atoms with E-state index in [1.807, 2.05) is 0 Å². The maximum absolute atomic E-state index is 5.60. The largest absolute Gasteiger partial charge is 0.486 e. The van der Waals surface area contributed by atoms with Crippen molar-refractivity contribution in [1.82, 2.24) is 5.32 Å². The SMILES string of the molecule is C=C(Br)CNCc1cc2c(cc1SC)OCCO2. The van der Waals surface area contributed by atoms with E-state index < -0.39 is 0 Å². The summed E-state index contributed by atoms with van der Waals surface area (Å²) >= 11 is 5.05. The van der Waals surface area contributed by atoms with Gasteiger partial charge in [-0.15, -0.1) is 11.8 Å². The summed E-state index contributed by atoms with van der Waals surface area (Å²) in [6.07, 6.45) is 2.07. The van der Waals surface area contributed by atoms with Crippen LogP contribution in [0.5, 0.6) is 11.5 Å². The molecule has 18 heavy (non-hydrogen) atoms. The van der Waals surface area contributed by atoms with Crippen LogP contribution in [0.25, 0.3) is 0 Å². The molecule has 0 atom stereocenters. The van der Waals surface area contributed by atoms with Gasteiger partial charge in [0.15, 0.2) is 11.5 Å². The zero-order valence-corrected chi connectivity index (χ0v) is 12.7. The van der Waals surface area contributed by atoms with Crippen LogP contribution in [0.2, 0.25) is 0 Å². The standard InChI is InChI=1S/C13H16BrNO2S/c1-9(14)7-15-8-10-5-11-12(6-13(10)18-2)17-4-3-16-11/h5-6,15H,1,3-4,7-8H2,2H3. The number of hydrogen-bond acceptors (Lipinski definition) is 4. The second-order valence-electron chi connectivity index (χ2n) is 3.93. The normalized spacial score (nSPS) is 13.4. The number of thioether (sulfide) groups is 1. The molecule has 0 saturated heterocycles. The van der Waals surface area contributed by atoms with Gasteiger partial charge in [0.05, 0.1) is 0 Å². The minimum absolute atomic E-state index is 0.622. The lowest BCUT2D eigenvalue weighted by Crippen LogP contribution is -2.18. The Morgan fingerprint density at radius 1 is 1.39 bits per heavy atom. The van der Waals surface area contributed by atoms with Crippen LogP contribution in [0.15, 0.2) is 28.1 Å². The molecule has 3 nitrogen and oxygen atoms in total. The van der Waals surface area contributed by atoms with Crippen molar-refractivity contribution in [1.29, 1.82) is 0 Å². The van der Waals surface area contributed by atoms with E-state index in [1.165, 1.54) is 10.5 Å². The Morgan fingerprint density at radius 3 is 2.67 bits per heavy atom. The van der Waals surface area contributed by atoms with Crippen LogP contribution in [0, 0.1) is 0 Å². The number of benzene rings is 1. The zero-order valence-electron chi connectivity index (χ0n) is 10.3. The van der Waals surface area contributed by atoms with Crippen molar-refractivity contribution in [2.75, 3.05) is 26.0 Å². The Balaban J connectivity index is 2.14. The highest BCUT2D eigenvalue weighted by Gasteiger charge is 2.15. The van der Waals surface area contributed by atoms with Gasteiger partial charge in [0.1, 0.15) is 13.2 Å². The van der Waals surface area contributed by atoms with Crippen molar-refractivity contribution in [2.24, 2.45) is 0 Å². The summed E-state index contributed by atoms with van der Waals surface area (Å²) < 4.78 is 12.1. The molecular formula is C13H16BrNO2S. The third-order valence-electron chi connectivity index (χ3n) is 2.58. The number of hydrogen-bond donors (Lipinski definition) is 1. The van der Waals surface area contributed by atoms with Gasteiger partial charge >= 0.3 is 0 Å². The molecule has 0 spiro atoms. The van der Waals surface area contributed by atoms with Gasteiger partial charge in [0, 0.05) is 22.5 Å². The fraction of sp³-hybridized carbons (Fsp3) is 0.385. The Bertz CT molecular complexity index is 451. The van der Waals surface area contributed by atoms with Crippen LogP contribution in [0.3, 0.4) is 0 Å². The van der Waals surface area contributed by atoms with Gasteiger partial charge in [-0.25, -0.2) is 0 Å². The first-order valence-electron chi connectivity index (χ1n) is 5.71. The highest BCUT2D eigenvalue weighted by Crippen LogP contribution is 2.36. The van der Waals surface area contributed by atoms with Crippen molar-refractivity contribution in [3.63, 3.8) is 0 Å². The highest BCUT2D eigenvalue weighted by atomic mass is 79.9. The Labute approximate surface area is 120 Å². The molecule has 1 aromatic carbocycles. The van der Waals surface area contributed by atoms with E-state index >= 15 is 0 Å². The van der Waals surface area contributed by atoms with E-state index in [2.05, 4.69) is 46.2 Å². The molecule has 5 heteroatoms. The third kappa shape index (κ3) is 3.43. The van der Waals surface area contributed by atoms with Crippen LogP contribution in [-0.2, 0) is 6.54 Å². The first kappa shape index (κ1) is 13.8. The summed E-state index contributed by atoms with van der Waals surface area (Å²) in [5, 5.41) is 3.33. The summed E-state index contributed by atoms with van der Waals surface area (Å²) in [5.74, 6) is 1.69. The summed E-state index contributed by atoms with van der Waals surface area (Å²) in [4.78, 5) is 1.21. The van der Waals surface area contributed by atoms with E-state index in [9.17, 15) is 0 Å². The van der Waals surface area contributed by atoms with Gasteiger partial charge in [-0.3, -0.25) is 0 Å². The molecule has 1 aliphatic rings. The smallest absolute Gasteiger partial charge is 0.162 e. The minimum Gasteiger partial charge on any atom is -0.486 e. The molecule has 0 saturated carbocycles. The zero-order chi connectivity index (χ0) is 13.0. The van der Waals surface area contributed by atoms with Crippen molar-refractivity contribution in [3.05, 3.63) is 28.8 Å². The van der Waals surface area contributed by atoms with E-state index in [-0.39, 0.29) is 0 Å². The highest BCUT2D eigenvalue weighted by molar-refractivity contribution is 9.11. The van der Waals surface area contributed by atoms with Gasteiger partial charge < -0.3 is 14.8 Å². The molecule has 0 fully saturated rings. The van der Waals surface area contributed by atoms with E-state index in [0.29, 0.717) is 13.2 Å². The molecule has 1 aliphatic heterocycles. The summed E-state index contributed by atoms with van der Waals surface area (Å²) in [6, 6.07) is 4.11. The third-order valence-corrected chi connectivity index (χ3v) is 3.68. The molecule has 1 aromatic rings. The average Bonchev–Trinajstić information content (AvgIpc) is 2.37. The fourth-order valence-corrected chi connectivity index (χ4v) is 2.59. The fourth-order valence-electron chi connectivity index (χ4n) is 1.77. The Kier molecular flexibility index (Phi) is 4.97. The summed E-state index contributed by atoms with van der Waals surface area (Å²) in [6.45, 7) is 6.59. The number of fused-ring (bicyclic) bond motifs is 1. The van der Waals surface area contributed by atoms with Crippen molar-refractivity contribution in [3.8, 4) is 11.5 Å². The van der Waals surface area contributed by atoms with Gasteiger partial charge in [0.25, 0.3) is 0 Å². The van der Waals surface area contributed by atoms with E-state index in [4.69, 9.17) is 9.47 Å². The minimum atomic E-state index is 0.622. The molecule has 0 radical (unpaired) electrons. The molecule has 1 N–H and O–H groups in total. The first-order chi connectivity index (χ1) is 8.70. The summed E-state index contributed by atoms with van der Waals surface area (Å²) in [7, 11) is 0. The Morgan fingerprint density at radius 2 is 2.06 bits per heavy atom. The van der Waals surface area contributed by atoms with Crippen molar-refractivity contribution >= 4 is 27.7 Å². The van der Waals surface area contributed by atoms with Crippen molar-refractivity contribution < 1.29 is 9.47 Å². The van der Waals surface area contributed by atoms with Gasteiger partial charge in [-0.05, 0) is 24.0 Å². The molecule has 98 valence electrons. The Hall–Kier alpha value is -0.650. The van der Waals surface area contributed by atoms with Gasteiger partial charge in [0.2, 0.25) is 0 Å². The molecule has 0 aliphatic carbocycles. The monoisotopic (exact) mass is 329 g/mol. The lowest BCUT2D eigenvalue weighted by Gasteiger charge is -2.20. The van der Waals surface area contributed by atoms with Crippen LogP contribution < -0.4 is 14.8 Å². The second-order valence-corrected chi connectivity index (χ2v) is 5.90. The number of rotatable bonds is 5. The first-order valence-corrected chi connectivity index (χ1v) is 7.73. The van der Waals surface area contributed by atoms with E-state index in [1.54, 1.807) is 11.8 Å². The van der Waals surface area contributed by atoms with Crippen LogP contribution in [0.4, 0.5) is 0 Å². The van der Waals surface area contributed by atoms with Gasteiger partial charge in [-0.1, -0.05) is 22.5 Å². The molecule has 0 aromatic heterocycles. The molecular weight excluding hydrogens is 314 g/mol. The lowest BCUT2D eigenvalue weighted by molar-refractivity contribution is 0.171. The quantitative estimate of drug-likeness (QED) is 0.840. The van der Waals surface area contributed by atoms with E-state index in [0.717, 1.165) is 29.1 Å². The molecule has 2 rings (SSSR count). The second kappa shape index (κ2) is 6.50. The maximum Gasteiger partial charge on any atom is 0.162 e. The predicted molar refractivity (Wildman–Crippen MR) is 79.0 cm³/mol.